The van der Waals surface area contributed by atoms with Crippen LogP contribution in [0.25, 0.3) is 0 Å². The predicted molar refractivity (Wildman–Crippen MR) is 246 cm³/mol. The number of ketones is 1. The SMILES string of the molecule is CC(C)(C)OC(=O)NCCOCCOCCOCCOC1CCC(C(=O)C2CCC(NC(=O)[C@@H]3NC4(CCCCC4)[C@@]4(C(=O)Nc5cc(Cl)ccc54)[C@H]3c3cccc(Cl)c3F)CC2)CC1. The van der Waals surface area contributed by atoms with E-state index in [0.717, 1.165) is 50.5 Å². The van der Waals surface area contributed by atoms with Gasteiger partial charge in [-0.15, -0.1) is 0 Å². The van der Waals surface area contributed by atoms with Crippen LogP contribution in [0, 0.1) is 17.7 Å². The zero-order valence-electron chi connectivity index (χ0n) is 38.1. The Bertz CT molecular complexity index is 1980. The van der Waals surface area contributed by atoms with E-state index in [9.17, 15) is 19.2 Å². The quantitative estimate of drug-likeness (QED) is 0.107. The van der Waals surface area contributed by atoms with Gasteiger partial charge in [-0.1, -0.05) is 60.7 Å². The van der Waals surface area contributed by atoms with E-state index >= 15 is 4.39 Å². The first-order valence-corrected chi connectivity index (χ1v) is 24.5. The maximum atomic E-state index is 16.3. The van der Waals surface area contributed by atoms with Gasteiger partial charge in [0.05, 0.1) is 63.4 Å². The minimum atomic E-state index is -1.29. The highest BCUT2D eigenvalue weighted by Crippen LogP contribution is 2.63. The zero-order chi connectivity index (χ0) is 46.2. The molecule has 65 heavy (non-hydrogen) atoms. The van der Waals surface area contributed by atoms with Gasteiger partial charge >= 0.3 is 6.09 Å². The van der Waals surface area contributed by atoms with Crippen LogP contribution in [0.5, 0.6) is 0 Å². The van der Waals surface area contributed by atoms with Gasteiger partial charge in [0.25, 0.3) is 0 Å². The van der Waals surface area contributed by atoms with E-state index in [0.29, 0.717) is 108 Å². The molecule has 2 aromatic rings. The lowest BCUT2D eigenvalue weighted by molar-refractivity contribution is -0.130. The fraction of sp³-hybridized carbons (Fsp3) is 0.673. The van der Waals surface area contributed by atoms with Crippen LogP contribution in [0.15, 0.2) is 36.4 Å². The fourth-order valence-corrected chi connectivity index (χ4v) is 11.6. The van der Waals surface area contributed by atoms with Crippen molar-refractivity contribution in [1.82, 2.24) is 16.0 Å². The second kappa shape index (κ2) is 22.2. The third-order valence-corrected chi connectivity index (χ3v) is 14.6. The first-order valence-electron chi connectivity index (χ1n) is 23.7. The van der Waals surface area contributed by atoms with E-state index < -0.39 is 40.4 Å². The Morgan fingerprint density at radius 3 is 2.11 bits per heavy atom. The van der Waals surface area contributed by atoms with Gasteiger partial charge in [0, 0.05) is 46.6 Å². The van der Waals surface area contributed by atoms with Crippen molar-refractivity contribution in [3.05, 3.63) is 63.4 Å². The number of anilines is 1. The molecule has 2 heterocycles. The molecule has 2 spiro atoms. The number of halogens is 3. The molecule has 4 N–H and O–H groups in total. The summed E-state index contributed by atoms with van der Waals surface area (Å²) in [4.78, 5) is 54.7. The molecule has 0 unspecified atom stereocenters. The normalized spacial score (nSPS) is 27.3. The van der Waals surface area contributed by atoms with Crippen molar-refractivity contribution in [2.24, 2.45) is 11.8 Å². The van der Waals surface area contributed by atoms with Crippen molar-refractivity contribution >= 4 is 52.6 Å². The van der Waals surface area contributed by atoms with Crippen molar-refractivity contribution in [1.29, 1.82) is 0 Å². The molecule has 3 aliphatic carbocycles. The molecule has 3 atom stereocenters. The van der Waals surface area contributed by atoms with E-state index in [1.165, 1.54) is 6.07 Å². The van der Waals surface area contributed by atoms with Crippen LogP contribution in [0.4, 0.5) is 14.9 Å². The lowest BCUT2D eigenvalue weighted by atomic mass is 9.55. The minimum absolute atomic E-state index is 0.0128. The Morgan fingerprint density at radius 1 is 0.815 bits per heavy atom. The molecule has 0 bridgehead atoms. The predicted octanol–water partition coefficient (Wildman–Crippen LogP) is 8.17. The Balaban J connectivity index is 0.837. The molecule has 2 aliphatic heterocycles. The van der Waals surface area contributed by atoms with Gasteiger partial charge in [-0.2, -0.15) is 0 Å². The standard InChI is InChI=1S/C49H67Cl2FN4O9/c1-47(2,3)65-46(60)53-22-23-61-24-25-62-26-27-63-28-29-64-35-17-12-32(13-18-35)43(57)31-10-15-34(16-11-31)54-44(58)42-40(36-8-7-9-38(51)41(36)52)49(48(56-42)20-5-4-6-21-48)37-19-14-33(50)30-39(37)55-45(49)59/h7-9,14,19,30-32,34-35,40,42,56H,4-6,10-13,15-18,20-29H2,1-3H3,(H,53,60)(H,54,58)(H,55,59)/t31?,32?,34?,35?,40-,42+,49+/m0/s1. The summed E-state index contributed by atoms with van der Waals surface area (Å²) in [6.07, 6.45) is 9.64. The highest BCUT2D eigenvalue weighted by molar-refractivity contribution is 6.31. The topological polar surface area (TPSA) is 163 Å². The summed E-state index contributed by atoms with van der Waals surface area (Å²) >= 11 is 12.8. The van der Waals surface area contributed by atoms with Crippen LogP contribution >= 0.6 is 23.2 Å². The minimum Gasteiger partial charge on any atom is -0.444 e. The maximum Gasteiger partial charge on any atom is 0.407 e. The summed E-state index contributed by atoms with van der Waals surface area (Å²) in [5.74, 6) is -1.78. The smallest absolute Gasteiger partial charge is 0.407 e. The summed E-state index contributed by atoms with van der Waals surface area (Å²) in [6.45, 7) is 8.83. The number of alkyl carbamates (subject to hydrolysis) is 1. The Kier molecular flexibility index (Phi) is 16.9. The van der Waals surface area contributed by atoms with Crippen LogP contribution in [0.2, 0.25) is 10.0 Å². The van der Waals surface area contributed by atoms with Crippen LogP contribution in [-0.4, -0.2) is 106 Å². The molecule has 0 aromatic heterocycles. The number of nitrogens with one attached hydrogen (secondary N) is 4. The molecule has 2 aromatic carbocycles. The molecular formula is C49H67Cl2FN4O9. The second-order valence-corrected chi connectivity index (χ2v) is 20.3. The zero-order valence-corrected chi connectivity index (χ0v) is 39.6. The number of hydrogen-bond acceptors (Lipinski definition) is 10. The summed E-state index contributed by atoms with van der Waals surface area (Å²) in [7, 11) is 0. The number of carbonyl (C=O) groups excluding carboxylic acids is 4. The number of ether oxygens (including phenoxy) is 5. The summed E-state index contributed by atoms with van der Waals surface area (Å²) in [5.41, 5.74) is -1.10. The van der Waals surface area contributed by atoms with Gasteiger partial charge in [-0.3, -0.25) is 19.7 Å². The summed E-state index contributed by atoms with van der Waals surface area (Å²) in [5, 5.41) is 13.2. The molecule has 0 radical (unpaired) electrons. The average Bonchev–Trinajstić information content (AvgIpc) is 3.73. The average molecular weight is 946 g/mol. The number of hydrogen-bond donors (Lipinski definition) is 4. The van der Waals surface area contributed by atoms with Crippen LogP contribution < -0.4 is 21.3 Å². The lowest BCUT2D eigenvalue weighted by Gasteiger charge is -2.47. The third kappa shape index (κ3) is 11.5. The molecular weight excluding hydrogens is 878 g/mol. The van der Waals surface area contributed by atoms with Crippen molar-refractivity contribution in [2.45, 2.75) is 145 Å². The van der Waals surface area contributed by atoms with Crippen LogP contribution in [0.1, 0.15) is 121 Å². The first-order chi connectivity index (χ1) is 31.2. The highest BCUT2D eigenvalue weighted by atomic mass is 35.5. The molecule has 4 fully saturated rings. The highest BCUT2D eigenvalue weighted by Gasteiger charge is 2.72. The number of fused-ring (bicyclic) bond motifs is 3. The summed E-state index contributed by atoms with van der Waals surface area (Å²) in [6, 6.07) is 9.09. The summed E-state index contributed by atoms with van der Waals surface area (Å²) < 4.78 is 44.2. The Morgan fingerprint density at radius 2 is 1.45 bits per heavy atom. The fourth-order valence-electron chi connectivity index (χ4n) is 11.2. The van der Waals surface area contributed by atoms with E-state index in [-0.39, 0.29) is 46.4 Å². The van der Waals surface area contributed by atoms with Gasteiger partial charge in [-0.05, 0) is 114 Å². The van der Waals surface area contributed by atoms with E-state index in [1.807, 2.05) is 26.8 Å². The Labute approximate surface area is 392 Å². The number of amides is 3. The van der Waals surface area contributed by atoms with Gasteiger partial charge in [0.1, 0.15) is 22.6 Å². The monoisotopic (exact) mass is 944 g/mol. The second-order valence-electron chi connectivity index (χ2n) is 19.4. The largest absolute Gasteiger partial charge is 0.444 e. The third-order valence-electron chi connectivity index (χ3n) is 14.1. The molecule has 358 valence electrons. The van der Waals surface area contributed by atoms with Crippen molar-refractivity contribution < 1.29 is 47.3 Å². The molecule has 1 saturated heterocycles. The number of carbonyl (C=O) groups is 4. The number of Topliss-reactive ketones (excluding diaryl/α,β-unsaturated/α-hetero) is 1. The lowest BCUT2D eigenvalue weighted by Crippen LogP contribution is -2.60. The molecule has 3 amide bonds. The van der Waals surface area contributed by atoms with Gasteiger partial charge < -0.3 is 39.6 Å². The molecule has 16 heteroatoms. The molecule has 7 rings (SSSR count). The first kappa shape index (κ1) is 49.5. The van der Waals surface area contributed by atoms with Crippen molar-refractivity contribution in [3.63, 3.8) is 0 Å². The number of rotatable bonds is 18. The number of benzene rings is 2. The van der Waals surface area contributed by atoms with E-state index in [1.54, 1.807) is 24.3 Å². The van der Waals surface area contributed by atoms with Gasteiger partial charge in [0.15, 0.2) is 0 Å². The van der Waals surface area contributed by atoms with Crippen molar-refractivity contribution in [2.75, 3.05) is 58.1 Å². The van der Waals surface area contributed by atoms with Crippen molar-refractivity contribution in [3.8, 4) is 0 Å². The van der Waals surface area contributed by atoms with Gasteiger partial charge in [0.2, 0.25) is 11.8 Å². The molecule has 3 saturated carbocycles. The maximum absolute atomic E-state index is 16.3. The molecule has 13 nitrogen and oxygen atoms in total. The van der Waals surface area contributed by atoms with Gasteiger partial charge in [-0.25, -0.2) is 9.18 Å². The van der Waals surface area contributed by atoms with E-state index in [4.69, 9.17) is 46.9 Å². The van der Waals surface area contributed by atoms with E-state index in [2.05, 4.69) is 21.3 Å². The Hall–Kier alpha value is -3.37. The molecule has 5 aliphatic rings. The van der Waals surface area contributed by atoms with Crippen LogP contribution in [-0.2, 0) is 43.5 Å². The van der Waals surface area contributed by atoms with Crippen LogP contribution in [0.3, 0.4) is 0 Å².